The van der Waals surface area contributed by atoms with E-state index in [0.29, 0.717) is 13.1 Å². The van der Waals surface area contributed by atoms with Gasteiger partial charge in [0.05, 0.1) is 18.8 Å². The first-order valence-corrected chi connectivity index (χ1v) is 6.05. The number of aliphatic imine (C=N–C) groups is 2. The summed E-state index contributed by atoms with van der Waals surface area (Å²) in [6.07, 6.45) is 5.12. The molecular formula is C15H15N3O. The summed E-state index contributed by atoms with van der Waals surface area (Å²) >= 11 is 0. The second kappa shape index (κ2) is 7.06. The molecule has 96 valence electrons. The second-order valence-corrected chi connectivity index (χ2v) is 3.88. The minimum absolute atomic E-state index is 0.239. The molecule has 0 fully saturated rings. The topological polar surface area (TPSA) is 57.8 Å². The molecule has 1 N–H and O–H groups in total. The van der Waals surface area contributed by atoms with Gasteiger partial charge in [0.2, 0.25) is 0 Å². The summed E-state index contributed by atoms with van der Waals surface area (Å²) in [6.45, 7) is 1.18. The summed E-state index contributed by atoms with van der Waals surface area (Å²) < 4.78 is 0. The van der Waals surface area contributed by atoms with E-state index >= 15 is 0 Å². The van der Waals surface area contributed by atoms with Crippen molar-refractivity contribution in [2.45, 2.75) is 0 Å². The Kier molecular flexibility index (Phi) is 4.81. The lowest BCUT2D eigenvalue weighted by Crippen LogP contribution is -1.91. The number of pyridine rings is 1. The van der Waals surface area contributed by atoms with Crippen LogP contribution in [0, 0.1) is 0 Å². The summed E-state index contributed by atoms with van der Waals surface area (Å²) in [7, 11) is 0. The molecule has 1 aromatic carbocycles. The first-order chi connectivity index (χ1) is 9.36. The zero-order chi connectivity index (χ0) is 13.3. The van der Waals surface area contributed by atoms with Gasteiger partial charge >= 0.3 is 0 Å². The van der Waals surface area contributed by atoms with Crippen molar-refractivity contribution < 1.29 is 5.11 Å². The lowest BCUT2D eigenvalue weighted by Gasteiger charge is -1.96. The molecule has 0 unspecified atom stereocenters. The molecule has 0 saturated carbocycles. The average Bonchev–Trinajstić information content (AvgIpc) is 2.45. The zero-order valence-corrected chi connectivity index (χ0v) is 10.5. The Hall–Kier alpha value is -2.49. The molecule has 0 aliphatic carbocycles. The van der Waals surface area contributed by atoms with Gasteiger partial charge in [0.25, 0.3) is 0 Å². The first kappa shape index (κ1) is 13.0. The van der Waals surface area contributed by atoms with Gasteiger partial charge in [-0.3, -0.25) is 15.0 Å². The summed E-state index contributed by atoms with van der Waals surface area (Å²) in [6, 6.07) is 12.8. The van der Waals surface area contributed by atoms with Crippen LogP contribution in [-0.2, 0) is 0 Å². The summed E-state index contributed by atoms with van der Waals surface area (Å²) in [5.41, 5.74) is 1.56. The highest BCUT2D eigenvalue weighted by atomic mass is 16.3. The Morgan fingerprint density at radius 1 is 0.947 bits per heavy atom. The van der Waals surface area contributed by atoms with Crippen LogP contribution in [-0.4, -0.2) is 35.6 Å². The van der Waals surface area contributed by atoms with Gasteiger partial charge < -0.3 is 5.11 Å². The Labute approximate surface area is 112 Å². The Balaban J connectivity index is 1.78. The van der Waals surface area contributed by atoms with Crippen LogP contribution >= 0.6 is 0 Å². The van der Waals surface area contributed by atoms with Gasteiger partial charge in [-0.25, -0.2) is 0 Å². The number of nitrogens with zero attached hydrogens (tertiary/aromatic N) is 3. The molecule has 1 aromatic heterocycles. The molecule has 0 radical (unpaired) electrons. The van der Waals surface area contributed by atoms with Crippen molar-refractivity contribution in [3.63, 3.8) is 0 Å². The van der Waals surface area contributed by atoms with Crippen LogP contribution in [0.4, 0.5) is 0 Å². The van der Waals surface area contributed by atoms with Gasteiger partial charge in [0, 0.05) is 24.2 Å². The van der Waals surface area contributed by atoms with E-state index in [1.807, 2.05) is 30.3 Å². The molecule has 0 amide bonds. The molecule has 0 bridgehead atoms. The molecule has 19 heavy (non-hydrogen) atoms. The minimum Gasteiger partial charge on any atom is -0.507 e. The summed E-state index contributed by atoms with van der Waals surface area (Å²) in [5, 5.41) is 9.53. The highest BCUT2D eigenvalue weighted by Gasteiger charge is 1.93. The Morgan fingerprint density at radius 2 is 1.68 bits per heavy atom. The summed E-state index contributed by atoms with van der Waals surface area (Å²) in [4.78, 5) is 12.6. The third kappa shape index (κ3) is 4.35. The number of rotatable bonds is 5. The molecule has 4 heteroatoms. The Bertz CT molecular complexity index is 565. The maximum atomic E-state index is 9.53. The van der Waals surface area contributed by atoms with Crippen molar-refractivity contribution in [3.8, 4) is 5.75 Å². The molecule has 2 rings (SSSR count). The third-order valence-corrected chi connectivity index (χ3v) is 2.44. The lowest BCUT2D eigenvalue weighted by atomic mass is 10.2. The van der Waals surface area contributed by atoms with Gasteiger partial charge in [0.15, 0.2) is 0 Å². The third-order valence-electron chi connectivity index (χ3n) is 2.44. The van der Waals surface area contributed by atoms with E-state index < -0.39 is 0 Å². The predicted octanol–water partition coefficient (Wildman–Crippen LogP) is 2.33. The normalized spacial score (nSPS) is 11.4. The number of aromatic nitrogens is 1. The van der Waals surface area contributed by atoms with Crippen LogP contribution in [0.25, 0.3) is 0 Å². The van der Waals surface area contributed by atoms with E-state index in [1.54, 1.807) is 30.8 Å². The highest BCUT2D eigenvalue weighted by Crippen LogP contribution is 2.12. The van der Waals surface area contributed by atoms with E-state index in [0.717, 1.165) is 11.3 Å². The van der Waals surface area contributed by atoms with Gasteiger partial charge in [0.1, 0.15) is 5.75 Å². The van der Waals surface area contributed by atoms with Crippen LogP contribution in [0.2, 0.25) is 0 Å². The lowest BCUT2D eigenvalue weighted by molar-refractivity contribution is 0.474. The second-order valence-electron chi connectivity index (χ2n) is 3.88. The number of hydrogen-bond acceptors (Lipinski definition) is 4. The van der Waals surface area contributed by atoms with Crippen molar-refractivity contribution in [1.82, 2.24) is 4.98 Å². The number of para-hydroxylation sites is 1. The minimum atomic E-state index is 0.239. The van der Waals surface area contributed by atoms with Crippen LogP contribution in [0.5, 0.6) is 5.75 Å². The smallest absolute Gasteiger partial charge is 0.124 e. The zero-order valence-electron chi connectivity index (χ0n) is 10.5. The molecular weight excluding hydrogens is 238 g/mol. The van der Waals surface area contributed by atoms with E-state index in [-0.39, 0.29) is 5.75 Å². The highest BCUT2D eigenvalue weighted by molar-refractivity contribution is 5.83. The Morgan fingerprint density at radius 3 is 2.42 bits per heavy atom. The van der Waals surface area contributed by atoms with E-state index in [9.17, 15) is 5.11 Å². The number of aromatic hydroxyl groups is 1. The van der Waals surface area contributed by atoms with E-state index in [1.165, 1.54) is 0 Å². The molecule has 0 spiro atoms. The van der Waals surface area contributed by atoms with Crippen molar-refractivity contribution in [1.29, 1.82) is 0 Å². The van der Waals surface area contributed by atoms with Crippen molar-refractivity contribution in [3.05, 3.63) is 59.9 Å². The number of hydrogen-bond donors (Lipinski definition) is 1. The largest absolute Gasteiger partial charge is 0.507 e. The molecule has 4 nitrogen and oxygen atoms in total. The van der Waals surface area contributed by atoms with Crippen LogP contribution in [0.1, 0.15) is 11.3 Å². The van der Waals surface area contributed by atoms with E-state index in [4.69, 9.17) is 0 Å². The molecule has 0 atom stereocenters. The predicted molar refractivity (Wildman–Crippen MR) is 77.3 cm³/mol. The van der Waals surface area contributed by atoms with Crippen molar-refractivity contribution in [2.24, 2.45) is 9.98 Å². The van der Waals surface area contributed by atoms with Crippen LogP contribution in [0.3, 0.4) is 0 Å². The maximum absolute atomic E-state index is 9.53. The fraction of sp³-hybridized carbons (Fsp3) is 0.133. The van der Waals surface area contributed by atoms with E-state index in [2.05, 4.69) is 15.0 Å². The molecule has 2 aromatic rings. The van der Waals surface area contributed by atoms with Crippen molar-refractivity contribution in [2.75, 3.05) is 13.1 Å². The van der Waals surface area contributed by atoms with Gasteiger partial charge in [-0.2, -0.15) is 0 Å². The fourth-order valence-electron chi connectivity index (χ4n) is 1.49. The first-order valence-electron chi connectivity index (χ1n) is 6.05. The number of phenolic OH excluding ortho intramolecular Hbond substituents is 1. The average molecular weight is 253 g/mol. The van der Waals surface area contributed by atoms with Crippen LogP contribution in [0.15, 0.2) is 58.6 Å². The van der Waals surface area contributed by atoms with Crippen LogP contribution < -0.4 is 0 Å². The quantitative estimate of drug-likeness (QED) is 0.656. The van der Waals surface area contributed by atoms with Gasteiger partial charge in [-0.05, 0) is 24.3 Å². The van der Waals surface area contributed by atoms with Crippen molar-refractivity contribution >= 4 is 12.4 Å². The fourth-order valence-corrected chi connectivity index (χ4v) is 1.49. The molecule has 0 aliphatic rings. The van der Waals surface area contributed by atoms with Gasteiger partial charge in [-0.15, -0.1) is 0 Å². The number of phenols is 1. The number of benzene rings is 1. The molecule has 0 saturated heterocycles. The molecule has 0 aliphatic heterocycles. The SMILES string of the molecule is Oc1ccccc1C=NCCN=Cc1ccccn1. The summed E-state index contributed by atoms with van der Waals surface area (Å²) in [5.74, 6) is 0.239. The monoisotopic (exact) mass is 253 g/mol. The van der Waals surface area contributed by atoms with Gasteiger partial charge in [-0.1, -0.05) is 18.2 Å². The standard InChI is InChI=1S/C15H15N3O/c19-15-7-2-1-5-13(15)11-16-9-10-17-12-14-6-3-4-8-18-14/h1-8,11-12,19H,9-10H2. The molecule has 1 heterocycles. The maximum Gasteiger partial charge on any atom is 0.124 e.